The second kappa shape index (κ2) is 14.2. The first-order chi connectivity index (χ1) is 21.6. The average molecular weight is 697 g/mol. The molecule has 3 rings (SSSR count). The van der Waals surface area contributed by atoms with Gasteiger partial charge in [-0.1, -0.05) is 13.3 Å². The number of carbonyl (C=O) groups excluding carboxylic acids is 2. The van der Waals surface area contributed by atoms with Crippen LogP contribution in [0, 0.1) is 0 Å². The normalized spacial score (nSPS) is 17.4. The number of carbonyl (C=O) groups is 2. The molecule has 1 heterocycles. The summed E-state index contributed by atoms with van der Waals surface area (Å²) in [5, 5.41) is 0. The Kier molecular flexibility index (Phi) is 11.4. The lowest BCUT2D eigenvalue weighted by atomic mass is 9.87. The fourth-order valence-electron chi connectivity index (χ4n) is 5.15. The van der Waals surface area contributed by atoms with Crippen molar-refractivity contribution >= 4 is 17.7 Å². The molecule has 2 aromatic carbocycles. The van der Waals surface area contributed by atoms with Gasteiger partial charge >= 0.3 is 36.7 Å². The number of hydrogen-bond donors (Lipinski definition) is 0. The van der Waals surface area contributed by atoms with E-state index in [-0.39, 0.29) is 30.6 Å². The van der Waals surface area contributed by atoms with E-state index >= 15 is 0 Å². The summed E-state index contributed by atoms with van der Waals surface area (Å²) in [7, 11) is 0.775. The van der Waals surface area contributed by atoms with Crippen LogP contribution in [-0.4, -0.2) is 49.4 Å². The quantitative estimate of drug-likeness (QED) is 0.194. The van der Waals surface area contributed by atoms with Crippen molar-refractivity contribution < 1.29 is 71.7 Å². The third kappa shape index (κ3) is 9.22. The molecule has 0 spiro atoms. The van der Waals surface area contributed by atoms with Crippen LogP contribution in [0.3, 0.4) is 0 Å². The number of ether oxygens (including phenoxy) is 2. The Bertz CT molecular complexity index is 1390. The van der Waals surface area contributed by atoms with E-state index in [9.17, 15) is 62.3 Å². The van der Waals surface area contributed by atoms with E-state index in [0.29, 0.717) is 48.1 Å². The van der Waals surface area contributed by atoms with Crippen LogP contribution in [0.15, 0.2) is 36.4 Å². The number of anilines is 1. The molecule has 0 aliphatic carbocycles. The fraction of sp³-hybridized carbons (Fsp3) is 0.517. The van der Waals surface area contributed by atoms with E-state index in [1.165, 1.54) is 0 Å². The number of hydrogen-bond acceptors (Lipinski definition) is 4. The molecular formula is C29H28F12N2O4. The minimum Gasteiger partial charge on any atom is -0.453 e. The van der Waals surface area contributed by atoms with Gasteiger partial charge in [-0.15, -0.1) is 0 Å². The third-order valence-corrected chi connectivity index (χ3v) is 7.32. The largest absolute Gasteiger partial charge is 0.471 e. The number of amides is 2. The van der Waals surface area contributed by atoms with Crippen LogP contribution in [0.5, 0.6) is 0 Å². The predicted octanol–water partition coefficient (Wildman–Crippen LogP) is 8.93. The number of benzene rings is 2. The highest BCUT2D eigenvalue weighted by molar-refractivity contribution is 5.99. The summed E-state index contributed by atoms with van der Waals surface area (Å²) in [6, 6.07) is -1.46. The molecule has 0 aromatic heterocycles. The molecule has 0 unspecified atom stereocenters. The monoisotopic (exact) mass is 696 g/mol. The maximum absolute atomic E-state index is 13.8. The summed E-state index contributed by atoms with van der Waals surface area (Å²) >= 11 is 0. The molecule has 0 saturated heterocycles. The number of methoxy groups -OCH3 is 1. The van der Waals surface area contributed by atoms with Gasteiger partial charge in [-0.05, 0) is 66.8 Å². The molecule has 1 aliphatic heterocycles. The Balaban J connectivity index is 2.24. The van der Waals surface area contributed by atoms with E-state index in [1.807, 2.05) is 6.92 Å². The van der Waals surface area contributed by atoms with Gasteiger partial charge in [-0.2, -0.15) is 52.7 Å². The SMILES string of the molecule is CCCCOCC[C@@H]1C[C@H](N(Cc2cc(C(F)(F)F)cc(C(F)(F)F)c2)C(=O)OC)c2cc(C(F)(F)F)ccc2N1C(=O)C(F)(F)F. The van der Waals surface area contributed by atoms with Gasteiger partial charge in [0.2, 0.25) is 0 Å². The van der Waals surface area contributed by atoms with Crippen molar-refractivity contribution in [1.82, 2.24) is 4.90 Å². The minimum atomic E-state index is -5.51. The lowest BCUT2D eigenvalue weighted by molar-refractivity contribution is -0.171. The molecule has 262 valence electrons. The van der Waals surface area contributed by atoms with E-state index in [2.05, 4.69) is 4.74 Å². The Morgan fingerprint density at radius 1 is 0.830 bits per heavy atom. The molecule has 2 amide bonds. The van der Waals surface area contributed by atoms with Gasteiger partial charge in [0.1, 0.15) is 0 Å². The Hall–Kier alpha value is -3.70. The first-order valence-electron chi connectivity index (χ1n) is 13.9. The van der Waals surface area contributed by atoms with Crippen LogP contribution in [0.25, 0.3) is 0 Å². The molecule has 0 N–H and O–H groups in total. The summed E-state index contributed by atoms with van der Waals surface area (Å²) in [6.45, 7) is 0.661. The topological polar surface area (TPSA) is 59.1 Å². The van der Waals surface area contributed by atoms with Crippen molar-refractivity contribution in [2.75, 3.05) is 25.2 Å². The van der Waals surface area contributed by atoms with E-state index < -0.39 is 95.3 Å². The van der Waals surface area contributed by atoms with Crippen LogP contribution in [-0.2, 0) is 39.3 Å². The Morgan fingerprint density at radius 2 is 1.40 bits per heavy atom. The van der Waals surface area contributed by atoms with Crippen molar-refractivity contribution in [2.24, 2.45) is 0 Å². The molecule has 2 atom stereocenters. The zero-order chi connectivity index (χ0) is 35.5. The smallest absolute Gasteiger partial charge is 0.453 e. The number of rotatable bonds is 9. The van der Waals surface area contributed by atoms with Crippen LogP contribution < -0.4 is 4.90 Å². The summed E-state index contributed by atoms with van der Waals surface area (Å²) < 4.78 is 174. The van der Waals surface area contributed by atoms with Crippen LogP contribution in [0.2, 0.25) is 0 Å². The van der Waals surface area contributed by atoms with E-state index in [4.69, 9.17) is 4.74 Å². The lowest BCUT2D eigenvalue weighted by Gasteiger charge is -2.44. The van der Waals surface area contributed by atoms with Gasteiger partial charge in [0, 0.05) is 31.5 Å². The van der Waals surface area contributed by atoms with Crippen LogP contribution in [0.4, 0.5) is 63.2 Å². The van der Waals surface area contributed by atoms with Gasteiger partial charge in [-0.25, -0.2) is 4.79 Å². The zero-order valence-electron chi connectivity index (χ0n) is 24.6. The maximum atomic E-state index is 13.8. The van der Waals surface area contributed by atoms with E-state index in [0.717, 1.165) is 7.11 Å². The molecule has 18 heteroatoms. The molecule has 6 nitrogen and oxygen atoms in total. The van der Waals surface area contributed by atoms with Crippen molar-refractivity contribution in [3.8, 4) is 0 Å². The molecular weight excluding hydrogens is 668 g/mol. The molecule has 47 heavy (non-hydrogen) atoms. The Morgan fingerprint density at radius 3 is 1.89 bits per heavy atom. The summed E-state index contributed by atoms with van der Waals surface area (Å²) in [4.78, 5) is 26.4. The second-order valence-corrected chi connectivity index (χ2v) is 10.6. The molecule has 0 fully saturated rings. The standard InChI is InChI=1S/C29H28F12N2O4/c1-3-4-8-47-9-7-20-14-23(21-13-17(26(30,31)32)5-6-22(21)43(20)24(44)29(39,40)41)42(25(45)46-2)15-16-10-18(27(33,34)35)12-19(11-16)28(36,37)38/h5-6,10-13,20,23H,3-4,7-9,14-15H2,1-2H3/t20-,23+/m1/s1. The number of nitrogens with zero attached hydrogens (tertiary/aromatic N) is 2. The second-order valence-electron chi connectivity index (χ2n) is 10.6. The van der Waals surface area contributed by atoms with Gasteiger partial charge < -0.3 is 14.4 Å². The fourth-order valence-corrected chi connectivity index (χ4v) is 5.15. The summed E-state index contributed by atoms with van der Waals surface area (Å²) in [5.74, 6) is -2.45. The molecule has 0 bridgehead atoms. The van der Waals surface area contributed by atoms with Crippen molar-refractivity contribution in [1.29, 1.82) is 0 Å². The number of alkyl halides is 12. The van der Waals surface area contributed by atoms with Crippen molar-refractivity contribution in [2.45, 2.75) is 75.9 Å². The number of halogens is 12. The van der Waals surface area contributed by atoms with Crippen LogP contribution in [0.1, 0.15) is 66.5 Å². The lowest BCUT2D eigenvalue weighted by Crippen LogP contribution is -2.53. The molecule has 0 saturated carbocycles. The maximum Gasteiger partial charge on any atom is 0.471 e. The average Bonchev–Trinajstić information content (AvgIpc) is 2.96. The predicted molar refractivity (Wildman–Crippen MR) is 141 cm³/mol. The van der Waals surface area contributed by atoms with Crippen molar-refractivity contribution in [3.63, 3.8) is 0 Å². The number of fused-ring (bicyclic) bond motifs is 1. The molecule has 2 aromatic rings. The summed E-state index contributed by atoms with van der Waals surface area (Å²) in [6.07, 6.45) is -22.4. The minimum absolute atomic E-state index is 0.174. The van der Waals surface area contributed by atoms with Gasteiger partial charge in [0.25, 0.3) is 0 Å². The highest BCUT2D eigenvalue weighted by atomic mass is 19.4. The van der Waals surface area contributed by atoms with Gasteiger partial charge in [0.05, 0.1) is 29.8 Å². The Labute approximate surface area is 260 Å². The van der Waals surface area contributed by atoms with Gasteiger partial charge in [-0.3, -0.25) is 9.69 Å². The van der Waals surface area contributed by atoms with E-state index in [1.54, 1.807) is 0 Å². The molecule has 1 aliphatic rings. The first-order valence-corrected chi connectivity index (χ1v) is 13.9. The zero-order valence-corrected chi connectivity index (χ0v) is 24.6. The first kappa shape index (κ1) is 37.8. The van der Waals surface area contributed by atoms with Gasteiger partial charge in [0.15, 0.2) is 0 Å². The van der Waals surface area contributed by atoms with Crippen LogP contribution >= 0.6 is 0 Å². The highest BCUT2D eigenvalue weighted by Crippen LogP contribution is 2.46. The summed E-state index contributed by atoms with van der Waals surface area (Å²) in [5.41, 5.74) is -7.05. The third-order valence-electron chi connectivity index (χ3n) is 7.32. The van der Waals surface area contributed by atoms with Crippen molar-refractivity contribution in [3.05, 3.63) is 64.2 Å². The molecule has 0 radical (unpaired) electrons. The highest BCUT2D eigenvalue weighted by Gasteiger charge is 2.50. The number of unbranched alkanes of at least 4 members (excludes halogenated alkanes) is 1.